The van der Waals surface area contributed by atoms with Crippen LogP contribution in [0, 0.1) is 11.8 Å². The monoisotopic (exact) mass is 254 g/mol. The Morgan fingerprint density at radius 3 is 2.17 bits per heavy atom. The maximum atomic E-state index is 11.5. The van der Waals surface area contributed by atoms with Crippen molar-refractivity contribution in [3.05, 3.63) is 11.9 Å². The molecule has 0 amide bonds. The third-order valence-corrected chi connectivity index (χ3v) is 3.06. The largest absolute Gasteiger partial charge is 0.479 e. The van der Waals surface area contributed by atoms with E-state index in [9.17, 15) is 19.8 Å². The first-order chi connectivity index (χ1) is 8.23. The first-order valence-corrected chi connectivity index (χ1v) is 5.77. The lowest BCUT2D eigenvalue weighted by Gasteiger charge is -2.36. The molecule has 1 rings (SSSR count). The van der Waals surface area contributed by atoms with E-state index in [1.807, 2.05) is 13.8 Å². The van der Waals surface area contributed by atoms with Gasteiger partial charge in [0.25, 0.3) is 0 Å². The second-order valence-electron chi connectivity index (χ2n) is 4.90. The van der Waals surface area contributed by atoms with Crippen LogP contribution in [-0.4, -0.2) is 33.4 Å². The van der Waals surface area contributed by atoms with Crippen LogP contribution in [0.5, 0.6) is 0 Å². The quantitative estimate of drug-likeness (QED) is 0.697. The molecule has 18 heavy (non-hydrogen) atoms. The fraction of sp³-hybridized carbons (Fsp3) is 0.583. The van der Waals surface area contributed by atoms with Gasteiger partial charge in [0.05, 0.1) is 5.70 Å². The van der Waals surface area contributed by atoms with E-state index in [1.54, 1.807) is 13.8 Å². The minimum Gasteiger partial charge on any atom is -0.479 e. The normalized spacial score (nSPS) is 23.4. The summed E-state index contributed by atoms with van der Waals surface area (Å²) in [6.07, 6.45) is 1.49. The first kappa shape index (κ1) is 14.2. The molecular weight excluding hydrogens is 236 g/mol. The highest BCUT2D eigenvalue weighted by Crippen LogP contribution is 2.27. The minimum absolute atomic E-state index is 0.0193. The van der Waals surface area contributed by atoms with Crippen LogP contribution in [0.2, 0.25) is 0 Å². The zero-order valence-corrected chi connectivity index (χ0v) is 10.9. The summed E-state index contributed by atoms with van der Waals surface area (Å²) >= 11 is 0. The van der Waals surface area contributed by atoms with E-state index < -0.39 is 23.4 Å². The average Bonchev–Trinajstić information content (AvgIpc) is 2.26. The van der Waals surface area contributed by atoms with E-state index in [1.165, 1.54) is 6.20 Å². The number of nitrogens with zero attached hydrogens (tertiary/aromatic N) is 1. The van der Waals surface area contributed by atoms with Crippen molar-refractivity contribution >= 4 is 17.7 Å². The molecule has 0 saturated carbocycles. The highest BCUT2D eigenvalue weighted by molar-refractivity contribution is 6.44. The summed E-state index contributed by atoms with van der Waals surface area (Å²) in [7, 11) is 0. The van der Waals surface area contributed by atoms with Gasteiger partial charge in [0.2, 0.25) is 0 Å². The number of allylic oxidation sites excluding steroid dienone is 1. The van der Waals surface area contributed by atoms with Gasteiger partial charge in [0.1, 0.15) is 0 Å². The molecule has 100 valence electrons. The molecule has 0 radical (unpaired) electrons. The van der Waals surface area contributed by atoms with Crippen LogP contribution in [0.4, 0.5) is 0 Å². The van der Waals surface area contributed by atoms with Gasteiger partial charge >= 0.3 is 11.9 Å². The topological polar surface area (TPSA) is 99.0 Å². The lowest BCUT2D eigenvalue weighted by molar-refractivity contribution is -0.144. The van der Waals surface area contributed by atoms with Crippen molar-refractivity contribution < 1.29 is 19.8 Å². The van der Waals surface area contributed by atoms with Gasteiger partial charge in [-0.15, -0.1) is 0 Å². The molecule has 0 aromatic heterocycles. The van der Waals surface area contributed by atoms with Gasteiger partial charge in [0.15, 0.2) is 11.3 Å². The summed E-state index contributed by atoms with van der Waals surface area (Å²) in [5.74, 6) is -2.98. The molecule has 1 heterocycles. The predicted octanol–water partition coefficient (Wildman–Crippen LogP) is 1.09. The summed E-state index contributed by atoms with van der Waals surface area (Å²) in [5.41, 5.74) is -1.51. The van der Waals surface area contributed by atoms with E-state index in [4.69, 9.17) is 0 Å². The van der Waals surface area contributed by atoms with Crippen LogP contribution in [0.3, 0.4) is 0 Å². The van der Waals surface area contributed by atoms with Gasteiger partial charge in [-0.05, 0) is 11.8 Å². The zero-order valence-electron chi connectivity index (χ0n) is 10.9. The van der Waals surface area contributed by atoms with Gasteiger partial charge in [-0.2, -0.15) is 0 Å². The maximum Gasteiger partial charge on any atom is 0.353 e. The third kappa shape index (κ3) is 2.10. The average molecular weight is 254 g/mol. The molecule has 0 bridgehead atoms. The van der Waals surface area contributed by atoms with Crippen molar-refractivity contribution in [3.8, 4) is 0 Å². The van der Waals surface area contributed by atoms with Gasteiger partial charge in [-0.1, -0.05) is 27.7 Å². The molecule has 0 aromatic carbocycles. The first-order valence-electron chi connectivity index (χ1n) is 5.77. The highest BCUT2D eigenvalue weighted by Gasteiger charge is 2.51. The number of aliphatic imine (C=N–C) groups is 1. The van der Waals surface area contributed by atoms with Crippen molar-refractivity contribution in [2.75, 3.05) is 0 Å². The molecule has 6 heteroatoms. The molecule has 1 unspecified atom stereocenters. The highest BCUT2D eigenvalue weighted by atomic mass is 16.4. The molecule has 0 aliphatic carbocycles. The Bertz CT molecular complexity index is 437. The number of hydrogen-bond acceptors (Lipinski definition) is 4. The van der Waals surface area contributed by atoms with Crippen molar-refractivity contribution in [3.63, 3.8) is 0 Å². The summed E-state index contributed by atoms with van der Waals surface area (Å²) in [6, 6.07) is 0. The Labute approximate surface area is 105 Å². The summed E-state index contributed by atoms with van der Waals surface area (Å²) in [4.78, 5) is 26.8. The van der Waals surface area contributed by atoms with E-state index in [-0.39, 0.29) is 11.6 Å². The van der Waals surface area contributed by atoms with E-state index in [0.29, 0.717) is 5.70 Å². The number of rotatable bonds is 4. The van der Waals surface area contributed by atoms with Crippen LogP contribution < -0.4 is 5.32 Å². The van der Waals surface area contributed by atoms with Gasteiger partial charge in [-0.25, -0.2) is 14.6 Å². The van der Waals surface area contributed by atoms with Crippen molar-refractivity contribution in [2.45, 2.75) is 33.2 Å². The van der Waals surface area contributed by atoms with Crippen molar-refractivity contribution in [1.29, 1.82) is 0 Å². The number of carbonyl (C=O) groups is 2. The van der Waals surface area contributed by atoms with Crippen LogP contribution in [-0.2, 0) is 9.59 Å². The number of carboxylic acids is 2. The predicted molar refractivity (Wildman–Crippen MR) is 66.3 cm³/mol. The number of carboxylic acid groups (broad SMARTS) is 2. The molecular formula is C12H18N2O4. The van der Waals surface area contributed by atoms with E-state index >= 15 is 0 Å². The molecule has 0 spiro atoms. The van der Waals surface area contributed by atoms with Crippen molar-refractivity contribution in [2.24, 2.45) is 16.8 Å². The number of hydrogen-bond donors (Lipinski definition) is 3. The number of nitrogens with one attached hydrogen (secondary N) is 1. The Morgan fingerprint density at radius 1 is 1.28 bits per heavy atom. The lowest BCUT2D eigenvalue weighted by atomic mass is 9.80. The summed E-state index contributed by atoms with van der Waals surface area (Å²) in [6.45, 7) is 7.01. The van der Waals surface area contributed by atoms with E-state index in [0.717, 1.165) is 0 Å². The smallest absolute Gasteiger partial charge is 0.353 e. The summed E-state index contributed by atoms with van der Waals surface area (Å²) in [5, 5.41) is 21.3. The van der Waals surface area contributed by atoms with Crippen molar-refractivity contribution in [1.82, 2.24) is 5.32 Å². The molecule has 0 fully saturated rings. The zero-order chi connectivity index (χ0) is 14.1. The Balaban J connectivity index is 3.38. The molecule has 1 atom stereocenters. The molecule has 3 N–H and O–H groups in total. The molecule has 0 aromatic rings. The van der Waals surface area contributed by atoms with Gasteiger partial charge < -0.3 is 15.5 Å². The summed E-state index contributed by atoms with van der Waals surface area (Å²) < 4.78 is 0. The SMILES string of the molecule is CC(C)C1=CNC(C(=O)O)(C(C)C)C(C(=O)O)=N1. The van der Waals surface area contributed by atoms with Crippen LogP contribution in [0.1, 0.15) is 27.7 Å². The van der Waals surface area contributed by atoms with Crippen LogP contribution >= 0.6 is 0 Å². The fourth-order valence-electron chi connectivity index (χ4n) is 1.87. The minimum atomic E-state index is -1.68. The van der Waals surface area contributed by atoms with Crippen LogP contribution in [0.15, 0.2) is 16.9 Å². The van der Waals surface area contributed by atoms with Gasteiger partial charge in [-0.3, -0.25) is 0 Å². The number of aliphatic carboxylic acids is 2. The van der Waals surface area contributed by atoms with E-state index in [2.05, 4.69) is 10.3 Å². The standard InChI is InChI=1S/C12H18N2O4/c1-6(2)8-5-13-12(7(3)4,11(17)18)9(14-8)10(15)16/h5-7,13H,1-4H3,(H,15,16)(H,17,18). The lowest BCUT2D eigenvalue weighted by Crippen LogP contribution is -2.63. The Morgan fingerprint density at radius 2 is 1.83 bits per heavy atom. The Kier molecular flexibility index (Phi) is 3.79. The maximum absolute atomic E-state index is 11.5. The molecule has 1 aliphatic heterocycles. The third-order valence-electron chi connectivity index (χ3n) is 3.06. The molecule has 6 nitrogen and oxygen atoms in total. The molecule has 0 saturated heterocycles. The van der Waals surface area contributed by atoms with Gasteiger partial charge in [0, 0.05) is 6.20 Å². The molecule has 1 aliphatic rings. The van der Waals surface area contributed by atoms with Crippen LogP contribution in [0.25, 0.3) is 0 Å². The Hall–Kier alpha value is -1.85. The second kappa shape index (κ2) is 4.80. The fourth-order valence-corrected chi connectivity index (χ4v) is 1.87. The second-order valence-corrected chi connectivity index (χ2v) is 4.90.